The van der Waals surface area contributed by atoms with E-state index in [1.54, 1.807) is 6.08 Å². The SMILES string of the molecule is C/C=C/CC(=O)OCC[N+](C)(C)C. The largest absolute Gasteiger partial charge is 0.459 e. The van der Waals surface area contributed by atoms with E-state index >= 15 is 0 Å². The van der Waals surface area contributed by atoms with Crippen molar-refractivity contribution in [2.75, 3.05) is 34.3 Å². The molecule has 0 heterocycles. The lowest BCUT2D eigenvalue weighted by atomic mass is 10.4. The van der Waals surface area contributed by atoms with Crippen molar-refractivity contribution in [2.24, 2.45) is 0 Å². The monoisotopic (exact) mass is 186 g/mol. The molecule has 0 unspecified atom stereocenters. The van der Waals surface area contributed by atoms with Gasteiger partial charge in [-0.15, -0.1) is 0 Å². The predicted octanol–water partition coefficient (Wildman–Crippen LogP) is 1.20. The molecule has 0 rings (SSSR count). The highest BCUT2D eigenvalue weighted by atomic mass is 16.5. The van der Waals surface area contributed by atoms with Crippen molar-refractivity contribution in [1.82, 2.24) is 0 Å². The zero-order valence-electron chi connectivity index (χ0n) is 9.04. The Bertz CT molecular complexity index is 180. The third-order valence-corrected chi connectivity index (χ3v) is 1.55. The number of rotatable bonds is 5. The van der Waals surface area contributed by atoms with Crippen LogP contribution in [-0.2, 0) is 9.53 Å². The Morgan fingerprint density at radius 1 is 1.38 bits per heavy atom. The van der Waals surface area contributed by atoms with Gasteiger partial charge in [0, 0.05) is 0 Å². The van der Waals surface area contributed by atoms with E-state index in [1.165, 1.54) is 0 Å². The number of allylic oxidation sites excluding steroid dienone is 1. The minimum Gasteiger partial charge on any atom is -0.459 e. The molecule has 0 aliphatic rings. The lowest BCUT2D eigenvalue weighted by molar-refractivity contribution is -0.870. The molecule has 0 amide bonds. The zero-order valence-corrected chi connectivity index (χ0v) is 9.04. The van der Waals surface area contributed by atoms with Gasteiger partial charge in [-0.25, -0.2) is 0 Å². The van der Waals surface area contributed by atoms with Gasteiger partial charge in [-0.2, -0.15) is 0 Å². The molecule has 0 aliphatic heterocycles. The van der Waals surface area contributed by atoms with Gasteiger partial charge in [-0.1, -0.05) is 12.2 Å². The molecule has 0 saturated carbocycles. The number of hydrogen-bond acceptors (Lipinski definition) is 2. The van der Waals surface area contributed by atoms with Crippen LogP contribution in [0.2, 0.25) is 0 Å². The summed E-state index contributed by atoms with van der Waals surface area (Å²) in [4.78, 5) is 11.0. The molecule has 0 radical (unpaired) electrons. The smallest absolute Gasteiger partial charge is 0.309 e. The fraction of sp³-hybridized carbons (Fsp3) is 0.700. The Labute approximate surface area is 80.6 Å². The summed E-state index contributed by atoms with van der Waals surface area (Å²) in [6.07, 6.45) is 4.03. The third-order valence-electron chi connectivity index (χ3n) is 1.55. The van der Waals surface area contributed by atoms with Crippen LogP contribution in [0.5, 0.6) is 0 Å². The molecule has 0 aromatic rings. The van der Waals surface area contributed by atoms with E-state index in [1.807, 2.05) is 13.0 Å². The van der Waals surface area contributed by atoms with Gasteiger partial charge >= 0.3 is 5.97 Å². The quantitative estimate of drug-likeness (QED) is 0.366. The second-order valence-electron chi connectivity index (χ2n) is 4.01. The first-order valence-electron chi connectivity index (χ1n) is 4.53. The first-order valence-corrected chi connectivity index (χ1v) is 4.53. The van der Waals surface area contributed by atoms with Crippen molar-refractivity contribution in [1.29, 1.82) is 0 Å². The second kappa shape index (κ2) is 5.75. The number of carbonyl (C=O) groups is 1. The molecule has 3 heteroatoms. The first-order chi connectivity index (χ1) is 5.95. The first kappa shape index (κ1) is 12.2. The standard InChI is InChI=1S/C10H20NO2/c1-5-6-7-10(12)13-9-8-11(2,3)4/h5-6H,7-9H2,1-4H3/q+1/b6-5+. The van der Waals surface area contributed by atoms with Gasteiger partial charge in [0.2, 0.25) is 0 Å². The van der Waals surface area contributed by atoms with Crippen molar-refractivity contribution in [3.8, 4) is 0 Å². The van der Waals surface area contributed by atoms with E-state index < -0.39 is 0 Å². The number of ether oxygens (including phenoxy) is 1. The van der Waals surface area contributed by atoms with E-state index in [0.29, 0.717) is 13.0 Å². The number of carbonyl (C=O) groups excluding carboxylic acids is 1. The van der Waals surface area contributed by atoms with Gasteiger partial charge in [0.1, 0.15) is 13.2 Å². The molecule has 0 N–H and O–H groups in total. The van der Waals surface area contributed by atoms with Gasteiger partial charge in [0.25, 0.3) is 0 Å². The Balaban J connectivity index is 3.48. The van der Waals surface area contributed by atoms with Crippen LogP contribution < -0.4 is 0 Å². The summed E-state index contributed by atoms with van der Waals surface area (Å²) < 4.78 is 5.83. The molecule has 76 valence electrons. The molecular weight excluding hydrogens is 166 g/mol. The Kier molecular flexibility index (Phi) is 5.39. The minimum atomic E-state index is -0.147. The van der Waals surface area contributed by atoms with Crippen molar-refractivity contribution in [3.63, 3.8) is 0 Å². The van der Waals surface area contributed by atoms with Gasteiger partial charge in [0.15, 0.2) is 0 Å². The topological polar surface area (TPSA) is 26.3 Å². The lowest BCUT2D eigenvalue weighted by Gasteiger charge is -2.23. The molecule has 3 nitrogen and oxygen atoms in total. The molecule has 0 atom stereocenters. The summed E-state index contributed by atoms with van der Waals surface area (Å²) in [5, 5.41) is 0. The summed E-state index contributed by atoms with van der Waals surface area (Å²) in [6.45, 7) is 3.24. The van der Waals surface area contributed by atoms with E-state index in [-0.39, 0.29) is 5.97 Å². The molecule has 0 fully saturated rings. The summed E-state index contributed by atoms with van der Waals surface area (Å²) in [5.41, 5.74) is 0. The maximum absolute atomic E-state index is 11.0. The van der Waals surface area contributed by atoms with Crippen LogP contribution in [0, 0.1) is 0 Å². The van der Waals surface area contributed by atoms with Crippen LogP contribution in [0.1, 0.15) is 13.3 Å². The normalized spacial score (nSPS) is 12.0. The number of likely N-dealkylation sites (N-methyl/N-ethyl adjacent to an activating group) is 1. The fourth-order valence-electron chi connectivity index (χ4n) is 0.706. The molecular formula is C10H20NO2+. The van der Waals surface area contributed by atoms with Crippen molar-refractivity contribution in [3.05, 3.63) is 12.2 Å². The lowest BCUT2D eigenvalue weighted by Crippen LogP contribution is -2.37. The third kappa shape index (κ3) is 9.08. The van der Waals surface area contributed by atoms with Crippen LogP contribution in [0.25, 0.3) is 0 Å². The Morgan fingerprint density at radius 2 is 2.00 bits per heavy atom. The molecule has 0 aromatic heterocycles. The highest BCUT2D eigenvalue weighted by molar-refractivity contribution is 5.71. The summed E-state index contributed by atoms with van der Waals surface area (Å²) in [6, 6.07) is 0. The maximum atomic E-state index is 11.0. The van der Waals surface area contributed by atoms with E-state index in [4.69, 9.17) is 4.74 Å². The number of esters is 1. The Hall–Kier alpha value is -0.830. The van der Waals surface area contributed by atoms with Gasteiger partial charge in [-0.3, -0.25) is 4.79 Å². The summed E-state index contributed by atoms with van der Waals surface area (Å²) in [7, 11) is 6.21. The number of nitrogens with zero attached hydrogens (tertiary/aromatic N) is 1. The van der Waals surface area contributed by atoms with Crippen LogP contribution in [0.15, 0.2) is 12.2 Å². The highest BCUT2D eigenvalue weighted by Crippen LogP contribution is 1.92. The van der Waals surface area contributed by atoms with Crippen molar-refractivity contribution < 1.29 is 14.0 Å². The van der Waals surface area contributed by atoms with Crippen molar-refractivity contribution in [2.45, 2.75) is 13.3 Å². The highest BCUT2D eigenvalue weighted by Gasteiger charge is 2.07. The van der Waals surface area contributed by atoms with Crippen LogP contribution >= 0.6 is 0 Å². The van der Waals surface area contributed by atoms with Gasteiger partial charge in [0.05, 0.1) is 27.6 Å². The molecule has 0 saturated heterocycles. The second-order valence-corrected chi connectivity index (χ2v) is 4.01. The minimum absolute atomic E-state index is 0.147. The Morgan fingerprint density at radius 3 is 2.46 bits per heavy atom. The fourth-order valence-corrected chi connectivity index (χ4v) is 0.706. The molecule has 0 spiro atoms. The van der Waals surface area contributed by atoms with Gasteiger partial charge in [-0.05, 0) is 6.92 Å². The van der Waals surface area contributed by atoms with Crippen molar-refractivity contribution >= 4 is 5.97 Å². The summed E-state index contributed by atoms with van der Waals surface area (Å²) in [5.74, 6) is -0.147. The van der Waals surface area contributed by atoms with Crippen LogP contribution in [0.4, 0.5) is 0 Å². The molecule has 0 bridgehead atoms. The summed E-state index contributed by atoms with van der Waals surface area (Å²) >= 11 is 0. The van der Waals surface area contributed by atoms with E-state index in [2.05, 4.69) is 21.1 Å². The maximum Gasteiger partial charge on any atom is 0.309 e. The van der Waals surface area contributed by atoms with Gasteiger partial charge < -0.3 is 9.22 Å². The number of hydrogen-bond donors (Lipinski definition) is 0. The molecule has 13 heavy (non-hydrogen) atoms. The van der Waals surface area contributed by atoms with Crippen LogP contribution in [-0.4, -0.2) is 44.7 Å². The average molecular weight is 186 g/mol. The van der Waals surface area contributed by atoms with E-state index in [9.17, 15) is 4.79 Å². The average Bonchev–Trinajstić information content (AvgIpc) is 1.98. The molecule has 0 aromatic carbocycles. The van der Waals surface area contributed by atoms with Crippen LogP contribution in [0.3, 0.4) is 0 Å². The predicted molar refractivity (Wildman–Crippen MR) is 53.3 cm³/mol. The number of quaternary nitrogens is 1. The zero-order chi connectivity index (χ0) is 10.3. The molecule has 0 aliphatic carbocycles. The van der Waals surface area contributed by atoms with E-state index in [0.717, 1.165) is 11.0 Å².